The summed E-state index contributed by atoms with van der Waals surface area (Å²) in [6.07, 6.45) is 2.24. The number of rotatable bonds is 7. The minimum Gasteiger partial charge on any atom is -0.693 e. The molecule has 0 saturated carbocycles. The molecule has 0 aliphatic rings. The second kappa shape index (κ2) is 21.3. The summed E-state index contributed by atoms with van der Waals surface area (Å²) in [6, 6.07) is -0.508. The average Bonchev–Trinajstić information content (AvgIpc) is 2.01. The van der Waals surface area contributed by atoms with Crippen LogP contribution in [-0.4, -0.2) is 32.6 Å². The first-order chi connectivity index (χ1) is 6.45. The summed E-state index contributed by atoms with van der Waals surface area (Å²) in [7, 11) is 3.20. The number of primary amides is 1. The first kappa shape index (κ1) is 22.2. The molecule has 1 amide bonds. The van der Waals surface area contributed by atoms with Gasteiger partial charge in [0.25, 0.3) is 0 Å². The van der Waals surface area contributed by atoms with Crippen molar-refractivity contribution in [1.29, 1.82) is 0 Å². The Bertz CT molecular complexity index is 185. The second-order valence-electron chi connectivity index (χ2n) is 2.71. The monoisotopic (exact) mass is 259 g/mol. The van der Waals surface area contributed by atoms with Crippen LogP contribution in [0.4, 0.5) is 0 Å². The molecular weight excluding hydrogens is 231 g/mol. The Hall–Kier alpha value is 0.986. The summed E-state index contributed by atoms with van der Waals surface area (Å²) < 4.78 is 14.4. The standard InChI is InChI=1S/C8H19N3O.2CH3.K.H2N/c1-10-6-4-3-5-7(11-2)8(9)12;;;;/h7,10-11H,3-6H2,1-2H3,(H2,9,12);2*1H3;;1H2/q;2*-1;+1;-1/i/hDH. The topological polar surface area (TPSA) is 101 Å². The molecule has 1 unspecified atom stereocenters. The Balaban J connectivity index is -0.000000141. The molecule has 0 spiro atoms. The minimum absolute atomic E-state index is 0. The molecule has 0 bridgehead atoms. The third-order valence-corrected chi connectivity index (χ3v) is 1.75. The van der Waals surface area contributed by atoms with Crippen LogP contribution in [0, 0.1) is 14.9 Å². The fourth-order valence-corrected chi connectivity index (χ4v) is 1.01. The molecule has 0 aromatic heterocycles. The van der Waals surface area contributed by atoms with Crippen molar-refractivity contribution in [2.24, 2.45) is 5.73 Å². The Kier molecular flexibility index (Phi) is 29.5. The Morgan fingerprint density at radius 2 is 2.00 bits per heavy atom. The van der Waals surface area contributed by atoms with E-state index in [1.54, 1.807) is 7.05 Å². The summed E-state index contributed by atoms with van der Waals surface area (Å²) in [5, 5.41) is 2.44. The molecule has 6 N–H and O–H groups in total. The Morgan fingerprint density at radius 3 is 2.31 bits per heavy atom. The van der Waals surface area contributed by atoms with Crippen LogP contribution in [0.5, 0.6) is 0 Å². The number of amides is 1. The summed E-state index contributed by atoms with van der Waals surface area (Å²) in [4.78, 5) is 10.9. The van der Waals surface area contributed by atoms with Gasteiger partial charge >= 0.3 is 51.4 Å². The number of unbranched alkanes of at least 4 members (excludes halogenated alkanes) is 1. The second-order valence-corrected chi connectivity index (χ2v) is 2.71. The number of likely N-dealkylation sites (N-methyl/N-ethyl adjacent to an activating group) is 1. The largest absolute Gasteiger partial charge is 1.00 e. The van der Waals surface area contributed by atoms with Gasteiger partial charge < -0.3 is 37.4 Å². The number of nitrogens with two attached hydrogens (primary N) is 2. The molecule has 0 aliphatic carbocycles. The van der Waals surface area contributed by atoms with Crippen LogP contribution in [-0.2, 0) is 4.79 Å². The molecule has 0 rings (SSSR count). The third kappa shape index (κ3) is 17.4. The van der Waals surface area contributed by atoms with Gasteiger partial charge in [0.15, 0.2) is 0 Å². The van der Waals surface area contributed by atoms with Crippen molar-refractivity contribution in [3.05, 3.63) is 21.0 Å². The van der Waals surface area contributed by atoms with Crippen molar-refractivity contribution in [3.8, 4) is 0 Å². The summed E-state index contributed by atoms with van der Waals surface area (Å²) in [5.74, 6) is -0.457. The minimum atomic E-state index is -0.508. The normalized spacial score (nSPS) is 12.0. The van der Waals surface area contributed by atoms with Crippen LogP contribution >= 0.6 is 0 Å². The molecule has 6 heteroatoms. The zero-order chi connectivity index (χ0) is 11.1. The number of hydrogen-bond acceptors (Lipinski definition) is 3. The van der Waals surface area contributed by atoms with Gasteiger partial charge in [0.1, 0.15) is 2.82 Å². The smallest absolute Gasteiger partial charge is 0.693 e. The van der Waals surface area contributed by atoms with E-state index in [0.29, 0.717) is 13.0 Å². The molecule has 1 atom stereocenters. The van der Waals surface area contributed by atoms with E-state index < -0.39 is 11.9 Å². The molecular formula is C10H27KN4O-2. The van der Waals surface area contributed by atoms with E-state index in [1.165, 1.54) is 12.4 Å². The zero-order valence-corrected chi connectivity index (χ0v) is 14.5. The van der Waals surface area contributed by atoms with Crippen molar-refractivity contribution in [1.82, 2.24) is 10.6 Å². The van der Waals surface area contributed by atoms with Crippen molar-refractivity contribution in [3.63, 3.8) is 0 Å². The predicted molar refractivity (Wildman–Crippen MR) is 67.9 cm³/mol. The molecule has 0 fully saturated rings. The number of nitrogens with one attached hydrogen (secondary N) is 2. The third-order valence-electron chi connectivity index (χ3n) is 1.75. The molecule has 5 nitrogen and oxygen atoms in total. The predicted octanol–water partition coefficient (Wildman–Crippen LogP) is -1.93. The van der Waals surface area contributed by atoms with Crippen molar-refractivity contribution >= 4 is 5.91 Å². The van der Waals surface area contributed by atoms with Crippen LogP contribution in [0.25, 0.3) is 6.15 Å². The summed E-state index contributed by atoms with van der Waals surface area (Å²) >= 11 is 0. The maximum Gasteiger partial charge on any atom is 1.00 e. The number of carbonyl (C=O) groups is 1. The van der Waals surface area contributed by atoms with Crippen molar-refractivity contribution in [2.45, 2.75) is 25.3 Å². The first-order valence-corrected chi connectivity index (χ1v) is 4.16. The maximum absolute atomic E-state index is 10.9. The van der Waals surface area contributed by atoms with E-state index in [0.717, 1.165) is 18.2 Å². The fourth-order valence-electron chi connectivity index (χ4n) is 1.01. The van der Waals surface area contributed by atoms with Gasteiger partial charge in [0.05, 0.1) is 6.04 Å². The van der Waals surface area contributed by atoms with Crippen LogP contribution in [0.1, 0.15) is 19.3 Å². The van der Waals surface area contributed by atoms with Gasteiger partial charge in [-0.05, 0) is 33.5 Å². The van der Waals surface area contributed by atoms with Gasteiger partial charge in [-0.1, -0.05) is 6.42 Å². The molecule has 0 radical (unpaired) electrons. The van der Waals surface area contributed by atoms with Gasteiger partial charge in [-0.3, -0.25) is 4.79 Å². The van der Waals surface area contributed by atoms with E-state index in [1.807, 2.05) is 0 Å². The fraction of sp³-hybridized carbons (Fsp3) is 0.700. The quantitative estimate of drug-likeness (QED) is 0.282. The van der Waals surface area contributed by atoms with Crippen LogP contribution in [0.2, 0.25) is 2.82 Å². The molecule has 16 heavy (non-hydrogen) atoms. The van der Waals surface area contributed by atoms with Crippen LogP contribution in [0.15, 0.2) is 0 Å². The van der Waals surface area contributed by atoms with Crippen molar-refractivity contribution in [2.75, 3.05) is 20.6 Å². The van der Waals surface area contributed by atoms with Gasteiger partial charge in [0, 0.05) is 0 Å². The zero-order valence-electron chi connectivity index (χ0n) is 13.4. The SMILES string of the molecule is [1H]N(C)C(CCCCN([2H])C)C(N)=O.[CH3-].[CH3-].[K+].[NH2-]. The molecule has 0 heterocycles. The van der Waals surface area contributed by atoms with E-state index in [-0.39, 0.29) is 72.4 Å². The molecule has 0 aromatic carbocycles. The van der Waals surface area contributed by atoms with Gasteiger partial charge in [-0.25, -0.2) is 0 Å². The van der Waals surface area contributed by atoms with E-state index in [2.05, 4.69) is 0 Å². The van der Waals surface area contributed by atoms with Crippen LogP contribution in [0.3, 0.4) is 0 Å². The maximum atomic E-state index is 10.9. The van der Waals surface area contributed by atoms with E-state index in [4.69, 9.17) is 8.56 Å². The van der Waals surface area contributed by atoms with Crippen molar-refractivity contribution < 1.29 is 59.0 Å². The Morgan fingerprint density at radius 1 is 1.50 bits per heavy atom. The van der Waals surface area contributed by atoms with Gasteiger partial charge in [0.2, 0.25) is 5.91 Å². The number of carbonyl (C=O) groups excluding carboxylic acids is 1. The van der Waals surface area contributed by atoms with E-state index in [9.17, 15) is 4.79 Å². The molecule has 0 aliphatic heterocycles. The van der Waals surface area contributed by atoms with Gasteiger partial charge in [-0.2, -0.15) is 0 Å². The van der Waals surface area contributed by atoms with E-state index >= 15 is 0 Å². The molecule has 0 saturated heterocycles. The number of hydrogen-bond donors (Lipinski definition) is 3. The molecule has 96 valence electrons. The summed E-state index contributed by atoms with van der Waals surface area (Å²) in [5.41, 5.74) is 5.13. The molecule has 0 aromatic rings. The van der Waals surface area contributed by atoms with Gasteiger partial charge in [-0.15, -0.1) is 0 Å². The Labute approximate surface area is 147 Å². The summed E-state index contributed by atoms with van der Waals surface area (Å²) in [6.45, 7) is 0.674. The average molecular weight is 259 g/mol. The first-order valence-electron chi connectivity index (χ1n) is 5.05. The van der Waals surface area contributed by atoms with Crippen LogP contribution < -0.4 is 67.7 Å².